The standard InChI is InChI=1S/C31H30N2O5S/c1-6-37-30(35)27-19(4)32-31-33(28(27)23-13-9-10-14-25(23)38-18(2)3)29(34)26(39-31)17-20-15-16-24(36-5)22-12-8-7-11-21(20)22/h7-18,28H,6H2,1-5H3/b26-17+/t28-/m0/s1. The van der Waals surface area contributed by atoms with E-state index in [-0.39, 0.29) is 18.3 Å². The van der Waals surface area contributed by atoms with E-state index in [2.05, 4.69) is 4.99 Å². The fourth-order valence-electron chi connectivity index (χ4n) is 4.89. The van der Waals surface area contributed by atoms with Crippen molar-refractivity contribution in [2.75, 3.05) is 13.7 Å². The maximum Gasteiger partial charge on any atom is 0.338 e. The van der Waals surface area contributed by atoms with Crippen LogP contribution in [0.15, 0.2) is 81.7 Å². The van der Waals surface area contributed by atoms with Crippen LogP contribution in [0.1, 0.15) is 44.9 Å². The van der Waals surface area contributed by atoms with Crippen molar-refractivity contribution in [3.05, 3.63) is 103 Å². The molecule has 2 heterocycles. The lowest BCUT2D eigenvalue weighted by Gasteiger charge is -2.26. The summed E-state index contributed by atoms with van der Waals surface area (Å²) >= 11 is 1.29. The highest BCUT2D eigenvalue weighted by atomic mass is 32.1. The summed E-state index contributed by atoms with van der Waals surface area (Å²) < 4.78 is 19.2. The molecule has 0 saturated heterocycles. The summed E-state index contributed by atoms with van der Waals surface area (Å²) in [7, 11) is 1.64. The van der Waals surface area contributed by atoms with Crippen molar-refractivity contribution < 1.29 is 19.0 Å². The zero-order valence-corrected chi connectivity index (χ0v) is 23.4. The van der Waals surface area contributed by atoms with E-state index in [0.29, 0.717) is 31.9 Å². The summed E-state index contributed by atoms with van der Waals surface area (Å²) in [5.74, 6) is 0.865. The minimum absolute atomic E-state index is 0.0959. The fourth-order valence-corrected chi connectivity index (χ4v) is 5.93. The average molecular weight is 543 g/mol. The minimum atomic E-state index is -0.745. The van der Waals surface area contributed by atoms with Crippen molar-refractivity contribution >= 4 is 34.2 Å². The van der Waals surface area contributed by atoms with Gasteiger partial charge in [0.05, 0.1) is 35.6 Å². The number of esters is 1. The van der Waals surface area contributed by atoms with Gasteiger partial charge in [-0.2, -0.15) is 0 Å². The van der Waals surface area contributed by atoms with Gasteiger partial charge in [-0.1, -0.05) is 59.9 Å². The molecule has 1 aliphatic rings. The van der Waals surface area contributed by atoms with Gasteiger partial charge in [0.25, 0.3) is 5.56 Å². The molecule has 5 rings (SSSR count). The van der Waals surface area contributed by atoms with Crippen molar-refractivity contribution in [3.63, 3.8) is 0 Å². The van der Waals surface area contributed by atoms with Gasteiger partial charge in [0.1, 0.15) is 17.5 Å². The number of rotatable bonds is 7. The number of nitrogens with zero attached hydrogens (tertiary/aromatic N) is 2. The third-order valence-electron chi connectivity index (χ3n) is 6.52. The molecule has 1 atom stereocenters. The van der Waals surface area contributed by atoms with Gasteiger partial charge >= 0.3 is 5.97 Å². The van der Waals surface area contributed by atoms with E-state index in [9.17, 15) is 9.59 Å². The van der Waals surface area contributed by atoms with E-state index in [4.69, 9.17) is 14.2 Å². The maximum absolute atomic E-state index is 14.1. The van der Waals surface area contributed by atoms with Crippen LogP contribution in [0.5, 0.6) is 11.5 Å². The van der Waals surface area contributed by atoms with E-state index in [1.807, 2.05) is 80.6 Å². The first kappa shape index (κ1) is 26.4. The van der Waals surface area contributed by atoms with Crippen LogP contribution in [-0.4, -0.2) is 30.4 Å². The number of hydrogen-bond acceptors (Lipinski definition) is 7. The molecule has 3 aromatic carbocycles. The van der Waals surface area contributed by atoms with E-state index < -0.39 is 12.0 Å². The van der Waals surface area contributed by atoms with Crippen LogP contribution < -0.4 is 24.4 Å². The van der Waals surface area contributed by atoms with Crippen molar-refractivity contribution in [1.82, 2.24) is 4.57 Å². The summed E-state index contributed by atoms with van der Waals surface area (Å²) in [6.45, 7) is 7.62. The Hall–Kier alpha value is -4.17. The van der Waals surface area contributed by atoms with Gasteiger partial charge in [-0.15, -0.1) is 0 Å². The molecule has 0 saturated carbocycles. The lowest BCUT2D eigenvalue weighted by molar-refractivity contribution is -0.139. The number of methoxy groups -OCH3 is 1. The number of para-hydroxylation sites is 1. The number of ether oxygens (including phenoxy) is 3. The van der Waals surface area contributed by atoms with Crippen molar-refractivity contribution in [3.8, 4) is 11.5 Å². The maximum atomic E-state index is 14.1. The zero-order chi connectivity index (χ0) is 27.7. The Labute approximate surface area is 230 Å². The molecule has 0 radical (unpaired) electrons. The molecule has 0 N–H and O–H groups in total. The van der Waals surface area contributed by atoms with Crippen LogP contribution >= 0.6 is 11.3 Å². The molecule has 0 bridgehead atoms. The predicted molar refractivity (Wildman–Crippen MR) is 153 cm³/mol. The van der Waals surface area contributed by atoms with E-state index in [0.717, 1.165) is 22.1 Å². The molecule has 0 unspecified atom stereocenters. The normalized spacial score (nSPS) is 15.3. The number of aromatic nitrogens is 1. The number of fused-ring (bicyclic) bond motifs is 2. The SMILES string of the molecule is CCOC(=O)C1=C(C)N=c2s/c(=C/c3ccc(OC)c4ccccc34)c(=O)n2[C@H]1c1ccccc1OC(C)C. The quantitative estimate of drug-likeness (QED) is 0.315. The number of carbonyl (C=O) groups excluding carboxylic acids is 1. The Morgan fingerprint density at radius 3 is 2.49 bits per heavy atom. The molecule has 0 fully saturated rings. The summed E-state index contributed by atoms with van der Waals surface area (Å²) in [5.41, 5.74) is 2.19. The molecule has 7 nitrogen and oxygen atoms in total. The van der Waals surface area contributed by atoms with Gasteiger partial charge in [-0.05, 0) is 56.9 Å². The third kappa shape index (κ3) is 4.88. The highest BCUT2D eigenvalue weighted by Gasteiger charge is 2.35. The highest BCUT2D eigenvalue weighted by Crippen LogP contribution is 2.36. The largest absolute Gasteiger partial charge is 0.496 e. The predicted octanol–water partition coefficient (Wildman–Crippen LogP) is 4.75. The number of allylic oxidation sites excluding steroid dienone is 1. The monoisotopic (exact) mass is 542 g/mol. The second-order valence-electron chi connectivity index (χ2n) is 9.41. The van der Waals surface area contributed by atoms with Crippen LogP contribution in [0, 0.1) is 0 Å². The summed E-state index contributed by atoms with van der Waals surface area (Å²) in [4.78, 5) is 32.5. The Morgan fingerprint density at radius 1 is 1.05 bits per heavy atom. The Balaban J connectivity index is 1.77. The van der Waals surface area contributed by atoms with Crippen LogP contribution in [0.25, 0.3) is 16.8 Å². The first-order valence-electron chi connectivity index (χ1n) is 12.8. The fraction of sp³-hybridized carbons (Fsp3) is 0.258. The molecule has 1 aliphatic heterocycles. The van der Waals surface area contributed by atoms with Gasteiger partial charge in [0, 0.05) is 10.9 Å². The molecule has 0 spiro atoms. The van der Waals surface area contributed by atoms with Gasteiger partial charge in [0.15, 0.2) is 4.80 Å². The first-order valence-corrected chi connectivity index (χ1v) is 13.7. The van der Waals surface area contributed by atoms with Crippen LogP contribution in [0.2, 0.25) is 0 Å². The molecule has 200 valence electrons. The molecular weight excluding hydrogens is 512 g/mol. The lowest BCUT2D eigenvalue weighted by Crippen LogP contribution is -2.40. The summed E-state index contributed by atoms with van der Waals surface area (Å²) in [6.07, 6.45) is 1.78. The van der Waals surface area contributed by atoms with Crippen LogP contribution in [0.3, 0.4) is 0 Å². The highest BCUT2D eigenvalue weighted by molar-refractivity contribution is 7.07. The molecule has 0 aliphatic carbocycles. The van der Waals surface area contributed by atoms with Crippen LogP contribution in [-0.2, 0) is 9.53 Å². The third-order valence-corrected chi connectivity index (χ3v) is 7.50. The molecule has 8 heteroatoms. The number of benzene rings is 3. The Kier molecular flexibility index (Phi) is 7.39. The van der Waals surface area contributed by atoms with Gasteiger partial charge in [-0.3, -0.25) is 9.36 Å². The summed E-state index contributed by atoms with van der Waals surface area (Å²) in [5, 5.41) is 1.93. The molecule has 4 aromatic rings. The number of carbonyl (C=O) groups is 1. The second kappa shape index (κ2) is 10.9. The zero-order valence-electron chi connectivity index (χ0n) is 22.6. The van der Waals surface area contributed by atoms with E-state index >= 15 is 0 Å². The molecular formula is C31H30N2O5S. The number of thiazole rings is 1. The average Bonchev–Trinajstić information content (AvgIpc) is 3.22. The molecule has 0 amide bonds. The van der Waals surface area contributed by atoms with E-state index in [1.165, 1.54) is 11.3 Å². The van der Waals surface area contributed by atoms with Crippen LogP contribution in [0.4, 0.5) is 0 Å². The van der Waals surface area contributed by atoms with Crippen molar-refractivity contribution in [1.29, 1.82) is 0 Å². The van der Waals surface area contributed by atoms with Crippen molar-refractivity contribution in [2.45, 2.75) is 39.8 Å². The topological polar surface area (TPSA) is 79.1 Å². The Morgan fingerprint density at radius 2 is 1.77 bits per heavy atom. The lowest BCUT2D eigenvalue weighted by atomic mass is 9.95. The van der Waals surface area contributed by atoms with Gasteiger partial charge in [-0.25, -0.2) is 9.79 Å². The summed E-state index contributed by atoms with van der Waals surface area (Å²) in [6, 6.07) is 18.5. The first-order chi connectivity index (χ1) is 18.8. The molecule has 1 aromatic heterocycles. The molecule has 39 heavy (non-hydrogen) atoms. The minimum Gasteiger partial charge on any atom is -0.496 e. The second-order valence-corrected chi connectivity index (χ2v) is 10.4. The van der Waals surface area contributed by atoms with Crippen molar-refractivity contribution in [2.24, 2.45) is 4.99 Å². The van der Waals surface area contributed by atoms with E-state index in [1.54, 1.807) is 25.5 Å². The Bertz CT molecular complexity index is 1780. The number of hydrogen-bond donors (Lipinski definition) is 0. The van der Waals surface area contributed by atoms with Gasteiger partial charge in [0.2, 0.25) is 0 Å². The van der Waals surface area contributed by atoms with Gasteiger partial charge < -0.3 is 14.2 Å². The smallest absolute Gasteiger partial charge is 0.338 e.